The zero-order chi connectivity index (χ0) is 16.3. The number of hydrogen-bond acceptors (Lipinski definition) is 4. The molecule has 0 atom stereocenters. The summed E-state index contributed by atoms with van der Waals surface area (Å²) in [6, 6.07) is 9.80. The summed E-state index contributed by atoms with van der Waals surface area (Å²) in [5.41, 5.74) is 13.1. The van der Waals surface area contributed by atoms with Gasteiger partial charge in [-0.2, -0.15) is 0 Å². The van der Waals surface area contributed by atoms with Crippen molar-refractivity contribution in [1.29, 1.82) is 0 Å². The van der Waals surface area contributed by atoms with Crippen molar-refractivity contribution < 1.29 is 10.2 Å². The SMILES string of the molecule is NC(=Cc1cccc(Cl)c1O)C(N)=Cc1cccc(Cl)c1O. The molecule has 2 aromatic rings. The van der Waals surface area contributed by atoms with Gasteiger partial charge in [-0.3, -0.25) is 0 Å². The number of para-hydroxylation sites is 2. The zero-order valence-corrected chi connectivity index (χ0v) is 12.9. The van der Waals surface area contributed by atoms with E-state index in [0.717, 1.165) is 0 Å². The van der Waals surface area contributed by atoms with Crippen molar-refractivity contribution in [3.8, 4) is 11.5 Å². The van der Waals surface area contributed by atoms with E-state index in [-0.39, 0.29) is 32.9 Å². The van der Waals surface area contributed by atoms with E-state index in [9.17, 15) is 10.2 Å². The highest BCUT2D eigenvalue weighted by atomic mass is 35.5. The summed E-state index contributed by atoms with van der Waals surface area (Å²) in [4.78, 5) is 0. The molecule has 0 unspecified atom stereocenters. The Morgan fingerprint density at radius 2 is 1.14 bits per heavy atom. The van der Waals surface area contributed by atoms with Crippen LogP contribution < -0.4 is 11.5 Å². The first-order valence-corrected chi connectivity index (χ1v) is 7.05. The van der Waals surface area contributed by atoms with Gasteiger partial charge in [0.25, 0.3) is 0 Å². The van der Waals surface area contributed by atoms with Gasteiger partial charge in [0.2, 0.25) is 0 Å². The fraction of sp³-hybridized carbons (Fsp3) is 0. The summed E-state index contributed by atoms with van der Waals surface area (Å²) in [6.07, 6.45) is 2.99. The Bertz CT molecular complexity index is 705. The van der Waals surface area contributed by atoms with Crippen LogP contribution in [0, 0.1) is 0 Å². The van der Waals surface area contributed by atoms with Crippen LogP contribution in [0.2, 0.25) is 10.0 Å². The lowest BCUT2D eigenvalue weighted by Gasteiger charge is -2.06. The maximum Gasteiger partial charge on any atom is 0.141 e. The maximum atomic E-state index is 9.85. The minimum atomic E-state index is -0.0782. The third kappa shape index (κ3) is 3.47. The predicted octanol–water partition coefficient (Wildman–Crippen LogP) is 3.70. The first-order valence-electron chi connectivity index (χ1n) is 6.30. The summed E-state index contributed by atoms with van der Waals surface area (Å²) in [6.45, 7) is 0. The standard InChI is InChI=1S/C16H14Cl2N2O2/c17-11-5-1-3-9(15(11)21)7-13(19)14(20)8-10-4-2-6-12(18)16(10)22/h1-8,21-22H,19-20H2. The van der Waals surface area contributed by atoms with Crippen LogP contribution in [0.3, 0.4) is 0 Å². The molecule has 0 aliphatic carbocycles. The molecule has 0 bridgehead atoms. The predicted molar refractivity (Wildman–Crippen MR) is 90.6 cm³/mol. The number of rotatable bonds is 3. The molecule has 22 heavy (non-hydrogen) atoms. The van der Waals surface area contributed by atoms with Crippen molar-refractivity contribution in [2.75, 3.05) is 0 Å². The highest BCUT2D eigenvalue weighted by Gasteiger charge is 2.07. The third-order valence-corrected chi connectivity index (χ3v) is 3.60. The normalized spacial score (nSPS) is 12.5. The number of halogens is 2. The highest BCUT2D eigenvalue weighted by molar-refractivity contribution is 6.32. The van der Waals surface area contributed by atoms with Crippen LogP contribution in [0.25, 0.3) is 12.2 Å². The molecule has 0 fully saturated rings. The molecular weight excluding hydrogens is 323 g/mol. The van der Waals surface area contributed by atoms with Crippen LogP contribution in [0.1, 0.15) is 11.1 Å². The number of hydrogen-bond donors (Lipinski definition) is 4. The van der Waals surface area contributed by atoms with Gasteiger partial charge in [0.15, 0.2) is 0 Å². The summed E-state index contributed by atoms with van der Waals surface area (Å²) in [7, 11) is 0. The molecule has 2 aromatic carbocycles. The van der Waals surface area contributed by atoms with Crippen LogP contribution in [0.15, 0.2) is 47.8 Å². The van der Waals surface area contributed by atoms with Gasteiger partial charge in [0, 0.05) is 11.1 Å². The smallest absolute Gasteiger partial charge is 0.141 e. The Morgan fingerprint density at radius 1 is 0.773 bits per heavy atom. The largest absolute Gasteiger partial charge is 0.506 e. The van der Waals surface area contributed by atoms with Crippen LogP contribution in [0.5, 0.6) is 11.5 Å². The number of phenolic OH excluding ortho intramolecular Hbond substituents is 2. The summed E-state index contributed by atoms with van der Waals surface area (Å²) in [5, 5.41) is 20.1. The highest BCUT2D eigenvalue weighted by Crippen LogP contribution is 2.30. The first-order chi connectivity index (χ1) is 10.4. The Hall–Kier alpha value is -2.30. The lowest BCUT2D eigenvalue weighted by atomic mass is 10.1. The van der Waals surface area contributed by atoms with Crippen LogP contribution in [-0.4, -0.2) is 10.2 Å². The van der Waals surface area contributed by atoms with E-state index in [4.69, 9.17) is 34.7 Å². The molecule has 2 rings (SSSR count). The molecule has 0 aromatic heterocycles. The molecule has 0 saturated heterocycles. The monoisotopic (exact) mass is 336 g/mol. The second kappa shape index (κ2) is 6.64. The Balaban J connectivity index is 2.38. The minimum Gasteiger partial charge on any atom is -0.506 e. The Labute approximate surface area is 137 Å². The molecule has 114 valence electrons. The van der Waals surface area contributed by atoms with Crippen molar-refractivity contribution in [2.45, 2.75) is 0 Å². The molecule has 0 saturated carbocycles. The van der Waals surface area contributed by atoms with Crippen LogP contribution >= 0.6 is 23.2 Å². The van der Waals surface area contributed by atoms with Crippen molar-refractivity contribution in [2.24, 2.45) is 11.5 Å². The van der Waals surface area contributed by atoms with E-state index >= 15 is 0 Å². The molecule has 0 amide bonds. The van der Waals surface area contributed by atoms with Gasteiger partial charge < -0.3 is 21.7 Å². The molecular formula is C16H14Cl2N2O2. The average molecular weight is 337 g/mol. The van der Waals surface area contributed by atoms with Gasteiger partial charge in [0.05, 0.1) is 21.4 Å². The van der Waals surface area contributed by atoms with Gasteiger partial charge in [-0.25, -0.2) is 0 Å². The molecule has 0 aliphatic heterocycles. The van der Waals surface area contributed by atoms with Gasteiger partial charge in [0.1, 0.15) is 11.5 Å². The number of phenols is 2. The van der Waals surface area contributed by atoms with Crippen LogP contribution in [0.4, 0.5) is 0 Å². The van der Waals surface area contributed by atoms with Crippen molar-refractivity contribution in [1.82, 2.24) is 0 Å². The van der Waals surface area contributed by atoms with Crippen LogP contribution in [-0.2, 0) is 0 Å². The molecule has 0 heterocycles. The first kappa shape index (κ1) is 16.1. The average Bonchev–Trinajstić information content (AvgIpc) is 2.48. The number of aromatic hydroxyl groups is 2. The van der Waals surface area contributed by atoms with Gasteiger partial charge in [-0.1, -0.05) is 47.5 Å². The fourth-order valence-corrected chi connectivity index (χ4v) is 2.16. The topological polar surface area (TPSA) is 92.5 Å². The quantitative estimate of drug-likeness (QED) is 0.643. The van der Waals surface area contributed by atoms with E-state index < -0.39 is 0 Å². The molecule has 6 N–H and O–H groups in total. The molecule has 0 radical (unpaired) electrons. The molecule has 4 nitrogen and oxygen atoms in total. The van der Waals surface area contributed by atoms with Crippen molar-refractivity contribution >= 4 is 35.4 Å². The lowest BCUT2D eigenvalue weighted by molar-refractivity contribution is 0.473. The van der Waals surface area contributed by atoms with Crippen molar-refractivity contribution in [3.05, 3.63) is 69.0 Å². The van der Waals surface area contributed by atoms with E-state index in [1.165, 1.54) is 12.2 Å². The number of benzene rings is 2. The molecule has 0 spiro atoms. The molecule has 0 aliphatic rings. The minimum absolute atomic E-state index is 0.0782. The summed E-state index contributed by atoms with van der Waals surface area (Å²) in [5.74, 6) is -0.156. The van der Waals surface area contributed by atoms with E-state index in [1.807, 2.05) is 0 Å². The van der Waals surface area contributed by atoms with Crippen molar-refractivity contribution in [3.63, 3.8) is 0 Å². The Kier molecular flexibility index (Phi) is 4.85. The van der Waals surface area contributed by atoms with Gasteiger partial charge >= 0.3 is 0 Å². The van der Waals surface area contributed by atoms with E-state index in [0.29, 0.717) is 11.1 Å². The van der Waals surface area contributed by atoms with E-state index in [2.05, 4.69) is 0 Å². The third-order valence-electron chi connectivity index (χ3n) is 2.99. The lowest BCUT2D eigenvalue weighted by Crippen LogP contribution is -2.08. The fourth-order valence-electron chi connectivity index (χ4n) is 1.80. The van der Waals surface area contributed by atoms with E-state index in [1.54, 1.807) is 36.4 Å². The number of nitrogens with two attached hydrogens (primary N) is 2. The summed E-state index contributed by atoms with van der Waals surface area (Å²) < 4.78 is 0. The zero-order valence-electron chi connectivity index (χ0n) is 11.4. The summed E-state index contributed by atoms with van der Waals surface area (Å²) >= 11 is 11.7. The Morgan fingerprint density at radius 3 is 1.50 bits per heavy atom. The second-order valence-electron chi connectivity index (χ2n) is 4.55. The second-order valence-corrected chi connectivity index (χ2v) is 5.37. The molecule has 6 heteroatoms. The van der Waals surface area contributed by atoms with Gasteiger partial charge in [-0.05, 0) is 24.3 Å². The van der Waals surface area contributed by atoms with Gasteiger partial charge in [-0.15, -0.1) is 0 Å². The maximum absolute atomic E-state index is 9.85.